The van der Waals surface area contributed by atoms with Crippen LogP contribution >= 0.6 is 0 Å². The number of para-hydroxylation sites is 1. The van der Waals surface area contributed by atoms with E-state index in [1.165, 1.54) is 6.20 Å². The standard InChI is InChI=1S/C12H14N2O3S/c1-3-12(15)13-18(16,17)11-8-14(2)10-7-5-4-6-9(10)11/h4-8H,3H2,1-2H3,(H,13,15). The normalized spacial score (nSPS) is 11.7. The molecule has 6 heteroatoms. The Balaban J connectivity index is 2.58. The quantitative estimate of drug-likeness (QED) is 0.913. The maximum atomic E-state index is 12.1. The number of rotatable bonds is 3. The fourth-order valence-electron chi connectivity index (χ4n) is 1.80. The third-order valence-corrected chi connectivity index (χ3v) is 4.12. The van der Waals surface area contributed by atoms with Crippen molar-refractivity contribution in [1.29, 1.82) is 0 Å². The highest BCUT2D eigenvalue weighted by atomic mass is 32.2. The predicted octanol–water partition coefficient (Wildman–Crippen LogP) is 1.39. The van der Waals surface area contributed by atoms with Gasteiger partial charge in [0.05, 0.1) is 0 Å². The number of carbonyl (C=O) groups is 1. The average Bonchev–Trinajstić information content (AvgIpc) is 2.68. The minimum atomic E-state index is -3.80. The van der Waals surface area contributed by atoms with Crippen molar-refractivity contribution in [2.24, 2.45) is 7.05 Å². The summed E-state index contributed by atoms with van der Waals surface area (Å²) >= 11 is 0. The SMILES string of the molecule is CCC(=O)NS(=O)(=O)c1cn(C)c2ccccc12. The van der Waals surface area contributed by atoms with Crippen LogP contribution in [0.3, 0.4) is 0 Å². The summed E-state index contributed by atoms with van der Waals surface area (Å²) in [5.74, 6) is -0.511. The number of carbonyl (C=O) groups excluding carboxylic acids is 1. The molecule has 0 radical (unpaired) electrons. The summed E-state index contributed by atoms with van der Waals surface area (Å²) in [6, 6.07) is 7.16. The van der Waals surface area contributed by atoms with Crippen molar-refractivity contribution in [2.45, 2.75) is 18.2 Å². The Labute approximate surface area is 105 Å². The van der Waals surface area contributed by atoms with Gasteiger partial charge >= 0.3 is 0 Å². The number of aromatic nitrogens is 1. The summed E-state index contributed by atoms with van der Waals surface area (Å²) in [6.45, 7) is 1.61. The lowest BCUT2D eigenvalue weighted by Gasteiger charge is -2.03. The van der Waals surface area contributed by atoms with Gasteiger partial charge in [-0.15, -0.1) is 0 Å². The monoisotopic (exact) mass is 266 g/mol. The number of hydrogen-bond donors (Lipinski definition) is 1. The van der Waals surface area contributed by atoms with Crippen LogP contribution in [0.5, 0.6) is 0 Å². The van der Waals surface area contributed by atoms with Crippen molar-refractivity contribution in [1.82, 2.24) is 9.29 Å². The number of hydrogen-bond acceptors (Lipinski definition) is 3. The van der Waals surface area contributed by atoms with Gasteiger partial charge in [-0.25, -0.2) is 13.1 Å². The highest BCUT2D eigenvalue weighted by molar-refractivity contribution is 7.90. The molecule has 0 fully saturated rings. The molecule has 0 saturated heterocycles. The number of aryl methyl sites for hydroxylation is 1. The molecular formula is C12H14N2O3S. The van der Waals surface area contributed by atoms with Crippen LogP contribution in [0.2, 0.25) is 0 Å². The summed E-state index contributed by atoms with van der Waals surface area (Å²) in [4.78, 5) is 11.4. The Morgan fingerprint density at radius 2 is 2.00 bits per heavy atom. The molecule has 0 aliphatic rings. The molecule has 5 nitrogen and oxygen atoms in total. The summed E-state index contributed by atoms with van der Waals surface area (Å²) in [5.41, 5.74) is 0.807. The summed E-state index contributed by atoms with van der Waals surface area (Å²) in [5, 5.41) is 0.608. The number of nitrogens with one attached hydrogen (secondary N) is 1. The van der Waals surface area contributed by atoms with Gasteiger partial charge in [-0.05, 0) is 6.07 Å². The Bertz CT molecular complexity index is 701. The molecule has 0 unspecified atom stereocenters. The van der Waals surface area contributed by atoms with Gasteiger partial charge in [0.1, 0.15) is 4.90 Å². The zero-order chi connectivity index (χ0) is 13.3. The van der Waals surface area contributed by atoms with Gasteiger partial charge < -0.3 is 4.57 Å². The van der Waals surface area contributed by atoms with Crippen molar-refractivity contribution in [3.63, 3.8) is 0 Å². The Morgan fingerprint density at radius 3 is 2.67 bits per heavy atom. The lowest BCUT2D eigenvalue weighted by molar-refractivity contribution is -0.119. The molecule has 0 spiro atoms. The Morgan fingerprint density at radius 1 is 1.33 bits per heavy atom. The first-order valence-electron chi connectivity index (χ1n) is 5.55. The molecule has 96 valence electrons. The van der Waals surface area contributed by atoms with Crippen LogP contribution in [-0.4, -0.2) is 18.9 Å². The summed E-state index contributed by atoms with van der Waals surface area (Å²) in [7, 11) is -2.03. The van der Waals surface area contributed by atoms with Gasteiger partial charge in [-0.1, -0.05) is 25.1 Å². The lowest BCUT2D eigenvalue weighted by atomic mass is 10.2. The van der Waals surface area contributed by atoms with E-state index in [9.17, 15) is 13.2 Å². The van der Waals surface area contributed by atoms with E-state index in [0.29, 0.717) is 5.39 Å². The Hall–Kier alpha value is -1.82. The van der Waals surface area contributed by atoms with E-state index in [1.54, 1.807) is 30.7 Å². The topological polar surface area (TPSA) is 68.2 Å². The smallest absolute Gasteiger partial charge is 0.266 e. The molecule has 0 aliphatic carbocycles. The molecule has 2 rings (SSSR count). The van der Waals surface area contributed by atoms with Crippen LogP contribution in [0.4, 0.5) is 0 Å². The summed E-state index contributed by atoms with van der Waals surface area (Å²) < 4.78 is 27.9. The fraction of sp³-hybridized carbons (Fsp3) is 0.250. The molecule has 0 aliphatic heterocycles. The summed E-state index contributed by atoms with van der Waals surface area (Å²) in [6.07, 6.45) is 1.64. The molecule has 0 bridgehead atoms. The van der Waals surface area contributed by atoms with E-state index in [0.717, 1.165) is 5.52 Å². The highest BCUT2D eigenvalue weighted by Crippen LogP contribution is 2.24. The Kier molecular flexibility index (Phi) is 3.13. The van der Waals surface area contributed by atoms with Crippen molar-refractivity contribution in [3.8, 4) is 0 Å². The van der Waals surface area contributed by atoms with Crippen molar-refractivity contribution < 1.29 is 13.2 Å². The average molecular weight is 266 g/mol. The number of benzene rings is 1. The number of fused-ring (bicyclic) bond motifs is 1. The minimum absolute atomic E-state index is 0.127. The van der Waals surface area contributed by atoms with Crippen molar-refractivity contribution in [2.75, 3.05) is 0 Å². The van der Waals surface area contributed by atoms with Crippen LogP contribution in [0, 0.1) is 0 Å². The first kappa shape index (κ1) is 12.6. The van der Waals surface area contributed by atoms with E-state index < -0.39 is 15.9 Å². The van der Waals surface area contributed by atoms with E-state index in [2.05, 4.69) is 0 Å². The number of amides is 1. The fourth-order valence-corrected chi connectivity index (χ4v) is 3.11. The third-order valence-electron chi connectivity index (χ3n) is 2.72. The van der Waals surface area contributed by atoms with Crippen molar-refractivity contribution in [3.05, 3.63) is 30.5 Å². The minimum Gasteiger partial charge on any atom is -0.349 e. The van der Waals surface area contributed by atoms with E-state index >= 15 is 0 Å². The van der Waals surface area contributed by atoms with Gasteiger partial charge in [0.15, 0.2) is 0 Å². The zero-order valence-corrected chi connectivity index (χ0v) is 11.0. The molecular weight excluding hydrogens is 252 g/mol. The first-order chi connectivity index (χ1) is 8.45. The maximum absolute atomic E-state index is 12.1. The van der Waals surface area contributed by atoms with Crippen LogP contribution < -0.4 is 4.72 Å². The molecule has 0 saturated carbocycles. The third kappa shape index (κ3) is 2.11. The molecule has 0 atom stereocenters. The second-order valence-electron chi connectivity index (χ2n) is 4.00. The van der Waals surface area contributed by atoms with Gasteiger partial charge in [0, 0.05) is 30.6 Å². The van der Waals surface area contributed by atoms with E-state index in [4.69, 9.17) is 0 Å². The van der Waals surface area contributed by atoms with Gasteiger partial charge in [-0.3, -0.25) is 4.79 Å². The van der Waals surface area contributed by atoms with Gasteiger partial charge in [-0.2, -0.15) is 0 Å². The first-order valence-corrected chi connectivity index (χ1v) is 7.03. The highest BCUT2D eigenvalue weighted by Gasteiger charge is 2.21. The van der Waals surface area contributed by atoms with Crippen LogP contribution in [-0.2, 0) is 21.9 Å². The largest absolute Gasteiger partial charge is 0.349 e. The molecule has 1 N–H and O–H groups in total. The van der Waals surface area contributed by atoms with Crippen LogP contribution in [0.25, 0.3) is 10.9 Å². The molecule has 1 amide bonds. The van der Waals surface area contributed by atoms with E-state index in [-0.39, 0.29) is 11.3 Å². The number of sulfonamides is 1. The number of nitrogens with zero attached hydrogens (tertiary/aromatic N) is 1. The molecule has 2 aromatic rings. The van der Waals surface area contributed by atoms with Crippen LogP contribution in [0.1, 0.15) is 13.3 Å². The van der Waals surface area contributed by atoms with Crippen molar-refractivity contribution >= 4 is 26.8 Å². The molecule has 1 heterocycles. The predicted molar refractivity (Wildman–Crippen MR) is 68.5 cm³/mol. The second kappa shape index (κ2) is 4.45. The molecule has 1 aromatic heterocycles. The zero-order valence-electron chi connectivity index (χ0n) is 10.2. The van der Waals surface area contributed by atoms with E-state index in [1.807, 2.05) is 16.9 Å². The van der Waals surface area contributed by atoms with Crippen LogP contribution in [0.15, 0.2) is 35.4 Å². The molecule has 18 heavy (non-hydrogen) atoms. The second-order valence-corrected chi connectivity index (χ2v) is 5.65. The van der Waals surface area contributed by atoms with Gasteiger partial charge in [0.25, 0.3) is 10.0 Å². The van der Waals surface area contributed by atoms with Gasteiger partial charge in [0.2, 0.25) is 5.91 Å². The maximum Gasteiger partial charge on any atom is 0.266 e. The lowest BCUT2D eigenvalue weighted by Crippen LogP contribution is -2.29. The molecule has 1 aromatic carbocycles.